The molecule has 154 valence electrons. The highest BCUT2D eigenvalue weighted by Gasteiger charge is 2.26. The second kappa shape index (κ2) is 9.78. The SMILES string of the molecule is CCCCC(NC(=O)CNC(=O)C1CCCC(N)C1)c1ccc2c(c1)OCO2. The van der Waals surface area contributed by atoms with Gasteiger partial charge in [0.15, 0.2) is 11.5 Å². The third-order valence-electron chi connectivity index (χ3n) is 5.49. The first-order chi connectivity index (χ1) is 13.6. The Morgan fingerprint density at radius 3 is 2.86 bits per heavy atom. The van der Waals surface area contributed by atoms with Crippen LogP contribution >= 0.6 is 0 Å². The molecule has 28 heavy (non-hydrogen) atoms. The summed E-state index contributed by atoms with van der Waals surface area (Å²) in [6.07, 6.45) is 6.34. The zero-order valence-corrected chi connectivity index (χ0v) is 16.5. The van der Waals surface area contributed by atoms with E-state index in [0.29, 0.717) is 12.2 Å². The van der Waals surface area contributed by atoms with E-state index in [1.165, 1.54) is 0 Å². The summed E-state index contributed by atoms with van der Waals surface area (Å²) in [5.41, 5.74) is 6.94. The highest BCUT2D eigenvalue weighted by molar-refractivity contribution is 5.86. The second-order valence-corrected chi connectivity index (χ2v) is 7.72. The van der Waals surface area contributed by atoms with E-state index in [1.54, 1.807) is 0 Å². The molecule has 1 fully saturated rings. The molecule has 0 spiro atoms. The van der Waals surface area contributed by atoms with E-state index in [2.05, 4.69) is 17.6 Å². The Labute approximate surface area is 166 Å². The van der Waals surface area contributed by atoms with Crippen molar-refractivity contribution in [1.29, 1.82) is 0 Å². The van der Waals surface area contributed by atoms with Crippen molar-refractivity contribution < 1.29 is 19.1 Å². The first-order valence-electron chi connectivity index (χ1n) is 10.3. The van der Waals surface area contributed by atoms with Crippen LogP contribution in [0.15, 0.2) is 18.2 Å². The van der Waals surface area contributed by atoms with Crippen LogP contribution in [0.4, 0.5) is 0 Å². The number of hydrogen-bond acceptors (Lipinski definition) is 5. The molecule has 1 saturated carbocycles. The van der Waals surface area contributed by atoms with Crippen LogP contribution in [0.3, 0.4) is 0 Å². The van der Waals surface area contributed by atoms with Crippen LogP contribution in [0.1, 0.15) is 63.5 Å². The molecule has 0 radical (unpaired) electrons. The number of nitrogens with two attached hydrogens (primary N) is 1. The van der Waals surface area contributed by atoms with Gasteiger partial charge >= 0.3 is 0 Å². The Bertz CT molecular complexity index is 694. The lowest BCUT2D eigenvalue weighted by Crippen LogP contribution is -2.43. The number of nitrogens with one attached hydrogen (secondary N) is 2. The molecule has 3 rings (SSSR count). The van der Waals surface area contributed by atoms with E-state index in [-0.39, 0.29) is 43.2 Å². The Balaban J connectivity index is 1.55. The first-order valence-corrected chi connectivity index (χ1v) is 10.3. The minimum atomic E-state index is -0.188. The molecule has 0 aromatic heterocycles. The van der Waals surface area contributed by atoms with Crippen LogP contribution in [0.25, 0.3) is 0 Å². The summed E-state index contributed by atoms with van der Waals surface area (Å²) in [6.45, 7) is 2.33. The number of ether oxygens (including phenoxy) is 2. The Morgan fingerprint density at radius 1 is 1.25 bits per heavy atom. The Morgan fingerprint density at radius 2 is 2.07 bits per heavy atom. The van der Waals surface area contributed by atoms with Crippen molar-refractivity contribution >= 4 is 11.8 Å². The lowest BCUT2D eigenvalue weighted by molar-refractivity contribution is -0.129. The van der Waals surface area contributed by atoms with Gasteiger partial charge in [0.2, 0.25) is 18.6 Å². The number of rotatable bonds is 8. The average Bonchev–Trinajstić information content (AvgIpc) is 3.17. The highest BCUT2D eigenvalue weighted by Crippen LogP contribution is 2.35. The van der Waals surface area contributed by atoms with Gasteiger partial charge in [-0.05, 0) is 43.4 Å². The summed E-state index contributed by atoms with van der Waals surface area (Å²) in [5.74, 6) is 1.09. The van der Waals surface area contributed by atoms with E-state index >= 15 is 0 Å². The molecule has 1 heterocycles. The fourth-order valence-electron chi connectivity index (χ4n) is 3.88. The van der Waals surface area contributed by atoms with Gasteiger partial charge in [0.1, 0.15) is 0 Å². The van der Waals surface area contributed by atoms with Gasteiger partial charge in [-0.3, -0.25) is 9.59 Å². The predicted molar refractivity (Wildman–Crippen MR) is 106 cm³/mol. The lowest BCUT2D eigenvalue weighted by Gasteiger charge is -2.25. The number of fused-ring (bicyclic) bond motifs is 1. The van der Waals surface area contributed by atoms with Crippen molar-refractivity contribution in [3.8, 4) is 11.5 Å². The van der Waals surface area contributed by atoms with Gasteiger partial charge in [-0.25, -0.2) is 0 Å². The van der Waals surface area contributed by atoms with Crippen LogP contribution in [0.5, 0.6) is 11.5 Å². The highest BCUT2D eigenvalue weighted by atomic mass is 16.7. The van der Waals surface area contributed by atoms with Crippen molar-refractivity contribution in [3.05, 3.63) is 23.8 Å². The van der Waals surface area contributed by atoms with Crippen LogP contribution in [-0.4, -0.2) is 31.2 Å². The Hall–Kier alpha value is -2.28. The molecule has 2 amide bonds. The van der Waals surface area contributed by atoms with Gasteiger partial charge < -0.3 is 25.8 Å². The zero-order chi connectivity index (χ0) is 19.9. The molecule has 3 atom stereocenters. The van der Waals surface area contributed by atoms with Gasteiger partial charge in [-0.15, -0.1) is 0 Å². The zero-order valence-electron chi connectivity index (χ0n) is 16.5. The summed E-state index contributed by atoms with van der Waals surface area (Å²) >= 11 is 0. The lowest BCUT2D eigenvalue weighted by atomic mass is 9.85. The number of benzene rings is 1. The molecule has 1 aliphatic heterocycles. The molecule has 7 heteroatoms. The molecule has 1 aromatic rings. The fraction of sp³-hybridized carbons (Fsp3) is 0.619. The number of hydrogen-bond donors (Lipinski definition) is 3. The number of carbonyl (C=O) groups excluding carboxylic acids is 2. The van der Waals surface area contributed by atoms with E-state index in [1.807, 2.05) is 18.2 Å². The molecule has 0 bridgehead atoms. The van der Waals surface area contributed by atoms with Crippen molar-refractivity contribution in [2.75, 3.05) is 13.3 Å². The monoisotopic (exact) mass is 389 g/mol. The number of carbonyl (C=O) groups is 2. The third-order valence-corrected chi connectivity index (χ3v) is 5.49. The van der Waals surface area contributed by atoms with Gasteiger partial charge in [0, 0.05) is 12.0 Å². The van der Waals surface area contributed by atoms with Crippen molar-refractivity contribution in [3.63, 3.8) is 0 Å². The first kappa shape index (κ1) is 20.5. The summed E-state index contributed by atoms with van der Waals surface area (Å²) in [7, 11) is 0. The maximum atomic E-state index is 12.5. The van der Waals surface area contributed by atoms with E-state index < -0.39 is 0 Å². The van der Waals surface area contributed by atoms with Gasteiger partial charge in [-0.2, -0.15) is 0 Å². The van der Waals surface area contributed by atoms with Crippen molar-refractivity contribution in [2.45, 2.75) is 64.0 Å². The minimum Gasteiger partial charge on any atom is -0.454 e. The van der Waals surface area contributed by atoms with Gasteiger partial charge in [0.25, 0.3) is 0 Å². The standard InChI is InChI=1S/C21H31N3O4/c1-2-3-7-17(14-8-9-18-19(11-14)28-13-27-18)24-20(25)12-23-21(26)15-5-4-6-16(22)10-15/h8-9,11,15-17H,2-7,10,12-13,22H2,1H3,(H,23,26)(H,24,25). The smallest absolute Gasteiger partial charge is 0.239 e. The van der Waals surface area contributed by atoms with E-state index in [4.69, 9.17) is 15.2 Å². The summed E-state index contributed by atoms with van der Waals surface area (Å²) < 4.78 is 10.8. The third kappa shape index (κ3) is 5.38. The number of amides is 2. The number of unbranched alkanes of at least 4 members (excludes halogenated alkanes) is 1. The van der Waals surface area contributed by atoms with Crippen LogP contribution < -0.4 is 25.8 Å². The molecular formula is C21H31N3O4. The van der Waals surface area contributed by atoms with Gasteiger partial charge in [-0.1, -0.05) is 32.3 Å². The van der Waals surface area contributed by atoms with Crippen molar-refractivity contribution in [1.82, 2.24) is 10.6 Å². The van der Waals surface area contributed by atoms with E-state index in [0.717, 1.165) is 49.8 Å². The molecular weight excluding hydrogens is 358 g/mol. The molecule has 7 nitrogen and oxygen atoms in total. The summed E-state index contributed by atoms with van der Waals surface area (Å²) in [4.78, 5) is 24.8. The van der Waals surface area contributed by atoms with Gasteiger partial charge in [0.05, 0.1) is 12.6 Å². The molecule has 3 unspecified atom stereocenters. The second-order valence-electron chi connectivity index (χ2n) is 7.72. The van der Waals surface area contributed by atoms with Crippen LogP contribution in [0.2, 0.25) is 0 Å². The van der Waals surface area contributed by atoms with Crippen molar-refractivity contribution in [2.24, 2.45) is 11.7 Å². The molecule has 4 N–H and O–H groups in total. The molecule has 1 aliphatic carbocycles. The maximum Gasteiger partial charge on any atom is 0.239 e. The molecule has 1 aromatic carbocycles. The predicted octanol–water partition coefficient (Wildman–Crippen LogP) is 2.40. The largest absolute Gasteiger partial charge is 0.454 e. The topological polar surface area (TPSA) is 103 Å². The maximum absolute atomic E-state index is 12.5. The summed E-state index contributed by atoms with van der Waals surface area (Å²) in [5, 5.41) is 5.83. The molecule has 0 saturated heterocycles. The van der Waals surface area contributed by atoms with Crippen LogP contribution in [0, 0.1) is 5.92 Å². The summed E-state index contributed by atoms with van der Waals surface area (Å²) in [6, 6.07) is 5.71. The van der Waals surface area contributed by atoms with Crippen LogP contribution in [-0.2, 0) is 9.59 Å². The van der Waals surface area contributed by atoms with E-state index in [9.17, 15) is 9.59 Å². The molecule has 2 aliphatic rings. The normalized spacial score (nSPS) is 21.8. The quantitative estimate of drug-likeness (QED) is 0.634. The minimum absolute atomic E-state index is 0.0161. The average molecular weight is 389 g/mol. The fourth-order valence-corrected chi connectivity index (χ4v) is 3.88. The Kier molecular flexibility index (Phi) is 7.14.